The first-order valence-electron chi connectivity index (χ1n) is 6.05. The number of nitrogens with zero attached hydrogens (tertiary/aromatic N) is 1. The first-order valence-corrected chi connectivity index (χ1v) is 7.13. The standard InChI is InChI=1S/C13H19IN2O/c1-16-7-2-3-11(16)6-8-17-13-5-4-10(15)9-12(13)14/h4-5,9,11H,2-3,6-8,15H2,1H3. The molecular weight excluding hydrogens is 327 g/mol. The van der Waals surface area contributed by atoms with Gasteiger partial charge in [0.05, 0.1) is 10.2 Å². The van der Waals surface area contributed by atoms with E-state index in [9.17, 15) is 0 Å². The monoisotopic (exact) mass is 346 g/mol. The second-order valence-corrected chi connectivity index (χ2v) is 5.77. The molecule has 0 spiro atoms. The predicted molar refractivity (Wildman–Crippen MR) is 79.3 cm³/mol. The molecule has 0 amide bonds. The molecule has 1 aromatic rings. The number of halogens is 1. The molecule has 1 atom stereocenters. The highest BCUT2D eigenvalue weighted by Crippen LogP contribution is 2.24. The number of nitrogens with two attached hydrogens (primary N) is 1. The van der Waals surface area contributed by atoms with Crippen molar-refractivity contribution in [1.82, 2.24) is 4.90 Å². The Bertz CT molecular complexity index is 384. The van der Waals surface area contributed by atoms with Gasteiger partial charge in [-0.3, -0.25) is 0 Å². The van der Waals surface area contributed by atoms with E-state index in [1.165, 1.54) is 19.4 Å². The molecule has 1 fully saturated rings. The van der Waals surface area contributed by atoms with E-state index in [-0.39, 0.29) is 0 Å². The smallest absolute Gasteiger partial charge is 0.132 e. The van der Waals surface area contributed by atoms with Gasteiger partial charge in [-0.05, 0) is 73.6 Å². The average molecular weight is 346 g/mol. The van der Waals surface area contributed by atoms with Gasteiger partial charge < -0.3 is 15.4 Å². The molecular formula is C13H19IN2O. The molecule has 1 aromatic carbocycles. The summed E-state index contributed by atoms with van der Waals surface area (Å²) in [6, 6.07) is 6.48. The molecule has 0 bridgehead atoms. The fraction of sp³-hybridized carbons (Fsp3) is 0.538. The fourth-order valence-corrected chi connectivity index (χ4v) is 2.98. The summed E-state index contributed by atoms with van der Waals surface area (Å²) in [7, 11) is 2.20. The lowest BCUT2D eigenvalue weighted by Gasteiger charge is -2.19. The van der Waals surface area contributed by atoms with Crippen molar-refractivity contribution >= 4 is 28.3 Å². The first kappa shape index (κ1) is 13.0. The van der Waals surface area contributed by atoms with Gasteiger partial charge in [0.1, 0.15) is 5.75 Å². The van der Waals surface area contributed by atoms with Crippen molar-refractivity contribution in [2.45, 2.75) is 25.3 Å². The van der Waals surface area contributed by atoms with E-state index < -0.39 is 0 Å². The van der Waals surface area contributed by atoms with E-state index in [1.54, 1.807) is 0 Å². The van der Waals surface area contributed by atoms with Gasteiger partial charge in [-0.25, -0.2) is 0 Å². The largest absolute Gasteiger partial charge is 0.492 e. The SMILES string of the molecule is CN1CCCC1CCOc1ccc(N)cc1I. The summed E-state index contributed by atoms with van der Waals surface area (Å²) >= 11 is 2.26. The van der Waals surface area contributed by atoms with Crippen LogP contribution >= 0.6 is 22.6 Å². The number of ether oxygens (including phenoxy) is 1. The molecule has 2 N–H and O–H groups in total. The third kappa shape index (κ3) is 3.48. The van der Waals surface area contributed by atoms with E-state index in [0.29, 0.717) is 6.04 Å². The minimum Gasteiger partial charge on any atom is -0.492 e. The van der Waals surface area contributed by atoms with E-state index in [2.05, 4.69) is 34.5 Å². The van der Waals surface area contributed by atoms with Gasteiger partial charge >= 0.3 is 0 Å². The van der Waals surface area contributed by atoms with Crippen LogP contribution in [0.15, 0.2) is 18.2 Å². The molecule has 1 unspecified atom stereocenters. The number of rotatable bonds is 4. The Labute approximate surface area is 116 Å². The molecule has 1 heterocycles. The quantitative estimate of drug-likeness (QED) is 0.673. The van der Waals surface area contributed by atoms with Crippen molar-refractivity contribution in [3.8, 4) is 5.75 Å². The van der Waals surface area contributed by atoms with Crippen molar-refractivity contribution < 1.29 is 4.74 Å². The van der Waals surface area contributed by atoms with Crippen molar-refractivity contribution in [2.24, 2.45) is 0 Å². The van der Waals surface area contributed by atoms with E-state index in [4.69, 9.17) is 10.5 Å². The van der Waals surface area contributed by atoms with Crippen molar-refractivity contribution in [3.05, 3.63) is 21.8 Å². The Morgan fingerprint density at radius 2 is 2.35 bits per heavy atom. The van der Waals surface area contributed by atoms with Gasteiger partial charge in [0.25, 0.3) is 0 Å². The number of nitrogen functional groups attached to an aromatic ring is 1. The minimum atomic E-state index is 0.696. The number of hydrogen-bond acceptors (Lipinski definition) is 3. The zero-order valence-electron chi connectivity index (χ0n) is 10.2. The Hall–Kier alpha value is -0.490. The Balaban J connectivity index is 1.81. The number of anilines is 1. The highest BCUT2D eigenvalue weighted by molar-refractivity contribution is 14.1. The average Bonchev–Trinajstić information content (AvgIpc) is 2.68. The van der Waals surface area contributed by atoms with Gasteiger partial charge in [-0.2, -0.15) is 0 Å². The maximum absolute atomic E-state index is 5.81. The van der Waals surface area contributed by atoms with Crippen LogP contribution in [-0.2, 0) is 0 Å². The molecule has 0 saturated carbocycles. The van der Waals surface area contributed by atoms with Crippen LogP contribution in [0.2, 0.25) is 0 Å². The van der Waals surface area contributed by atoms with Gasteiger partial charge in [-0.15, -0.1) is 0 Å². The molecule has 0 aliphatic carbocycles. The lowest BCUT2D eigenvalue weighted by molar-refractivity contribution is 0.232. The third-order valence-electron chi connectivity index (χ3n) is 3.34. The Morgan fingerprint density at radius 3 is 3.00 bits per heavy atom. The Kier molecular flexibility index (Phi) is 4.50. The van der Waals surface area contributed by atoms with Gasteiger partial charge in [-0.1, -0.05) is 0 Å². The number of benzene rings is 1. The van der Waals surface area contributed by atoms with Gasteiger partial charge in [0.15, 0.2) is 0 Å². The topological polar surface area (TPSA) is 38.5 Å². The van der Waals surface area contributed by atoms with Crippen molar-refractivity contribution in [2.75, 3.05) is 25.9 Å². The van der Waals surface area contributed by atoms with Gasteiger partial charge in [0.2, 0.25) is 0 Å². The van der Waals surface area contributed by atoms with E-state index in [0.717, 1.165) is 28.0 Å². The van der Waals surface area contributed by atoms with Crippen LogP contribution in [0, 0.1) is 3.57 Å². The van der Waals surface area contributed by atoms with Crippen LogP contribution in [0.1, 0.15) is 19.3 Å². The summed E-state index contributed by atoms with van der Waals surface area (Å²) < 4.78 is 6.90. The van der Waals surface area contributed by atoms with Crippen LogP contribution in [0.3, 0.4) is 0 Å². The first-order chi connectivity index (χ1) is 8.16. The minimum absolute atomic E-state index is 0.696. The summed E-state index contributed by atoms with van der Waals surface area (Å²) in [4.78, 5) is 2.43. The zero-order valence-corrected chi connectivity index (χ0v) is 12.3. The summed E-state index contributed by atoms with van der Waals surface area (Å²) in [5.41, 5.74) is 6.50. The lowest BCUT2D eigenvalue weighted by atomic mass is 10.1. The van der Waals surface area contributed by atoms with Crippen LogP contribution in [0.5, 0.6) is 5.75 Å². The molecule has 2 rings (SSSR count). The fourth-order valence-electron chi connectivity index (χ4n) is 2.28. The second kappa shape index (κ2) is 5.91. The number of likely N-dealkylation sites (tertiary alicyclic amines) is 1. The summed E-state index contributed by atoms with van der Waals surface area (Å²) in [6.07, 6.45) is 3.73. The molecule has 17 heavy (non-hydrogen) atoms. The highest BCUT2D eigenvalue weighted by Gasteiger charge is 2.20. The van der Waals surface area contributed by atoms with Crippen molar-refractivity contribution in [3.63, 3.8) is 0 Å². The predicted octanol–water partition coefficient (Wildman–Crippen LogP) is 2.74. The van der Waals surface area contributed by atoms with E-state index in [1.807, 2.05) is 18.2 Å². The van der Waals surface area contributed by atoms with Crippen LogP contribution in [-0.4, -0.2) is 31.1 Å². The molecule has 4 heteroatoms. The normalized spacial score (nSPS) is 20.7. The zero-order chi connectivity index (χ0) is 12.3. The molecule has 1 saturated heterocycles. The maximum Gasteiger partial charge on any atom is 0.132 e. The van der Waals surface area contributed by atoms with Crippen LogP contribution in [0.4, 0.5) is 5.69 Å². The molecule has 0 radical (unpaired) electrons. The molecule has 1 aliphatic rings. The van der Waals surface area contributed by atoms with E-state index >= 15 is 0 Å². The molecule has 1 aliphatic heterocycles. The van der Waals surface area contributed by atoms with Crippen molar-refractivity contribution in [1.29, 1.82) is 0 Å². The molecule has 94 valence electrons. The third-order valence-corrected chi connectivity index (χ3v) is 4.18. The summed E-state index contributed by atoms with van der Waals surface area (Å²) in [5, 5.41) is 0. The van der Waals surface area contributed by atoms with Crippen LogP contribution < -0.4 is 10.5 Å². The lowest BCUT2D eigenvalue weighted by Crippen LogP contribution is -2.26. The van der Waals surface area contributed by atoms with Crippen LogP contribution in [0.25, 0.3) is 0 Å². The summed E-state index contributed by atoms with van der Waals surface area (Å²) in [5.74, 6) is 0.945. The Morgan fingerprint density at radius 1 is 1.53 bits per heavy atom. The number of hydrogen-bond donors (Lipinski definition) is 1. The molecule has 0 aromatic heterocycles. The van der Waals surface area contributed by atoms with Gasteiger partial charge in [0, 0.05) is 11.7 Å². The molecule has 3 nitrogen and oxygen atoms in total. The highest BCUT2D eigenvalue weighted by atomic mass is 127. The second-order valence-electron chi connectivity index (χ2n) is 4.60. The maximum atomic E-state index is 5.81. The summed E-state index contributed by atoms with van der Waals surface area (Å²) in [6.45, 7) is 2.01.